The summed E-state index contributed by atoms with van der Waals surface area (Å²) in [5.74, 6) is 0. The Morgan fingerprint density at radius 2 is 1.04 bits per heavy atom. The predicted molar refractivity (Wildman–Crippen MR) is 108 cm³/mol. The zero-order chi connectivity index (χ0) is 17.1. The summed E-state index contributed by atoms with van der Waals surface area (Å²) < 4.78 is 0. The number of nitrogen functional groups attached to an aromatic ring is 2. The highest BCUT2D eigenvalue weighted by molar-refractivity contribution is 7.80. The van der Waals surface area contributed by atoms with Crippen LogP contribution in [0.25, 0.3) is 0 Å². The summed E-state index contributed by atoms with van der Waals surface area (Å²) >= 11 is 9.34. The number of rotatable bonds is 4. The van der Waals surface area contributed by atoms with Crippen molar-refractivity contribution >= 4 is 36.6 Å². The average Bonchev–Trinajstić information content (AvgIpc) is 2.52. The minimum atomic E-state index is 0.776. The molecule has 0 aliphatic carbocycles. The van der Waals surface area contributed by atoms with E-state index in [1.54, 1.807) is 0 Å². The Morgan fingerprint density at radius 3 is 1.42 bits per heavy atom. The van der Waals surface area contributed by atoms with Gasteiger partial charge in [-0.2, -0.15) is 0 Å². The summed E-state index contributed by atoms with van der Waals surface area (Å²) in [6.07, 6.45) is 1.58. The first kappa shape index (κ1) is 16.8. The lowest BCUT2D eigenvalue weighted by Crippen LogP contribution is -1.97. The van der Waals surface area contributed by atoms with Crippen molar-refractivity contribution in [3.8, 4) is 0 Å². The third-order valence-corrected chi connectivity index (χ3v) is 4.80. The summed E-state index contributed by atoms with van der Waals surface area (Å²) in [6.45, 7) is 0. The molecular formula is C20H20N2S2. The molecule has 0 bridgehead atoms. The Hall–Kier alpha value is -2.04. The molecule has 0 atom stereocenters. The van der Waals surface area contributed by atoms with Crippen LogP contribution in [0.15, 0.2) is 70.5 Å². The van der Waals surface area contributed by atoms with Crippen molar-refractivity contribution in [2.45, 2.75) is 22.6 Å². The Bertz CT molecular complexity index is 802. The summed E-state index contributed by atoms with van der Waals surface area (Å²) in [6, 6.07) is 20.0. The van der Waals surface area contributed by atoms with Gasteiger partial charge in [0, 0.05) is 21.2 Å². The van der Waals surface area contributed by atoms with Gasteiger partial charge in [0.1, 0.15) is 0 Å². The molecule has 3 aromatic carbocycles. The zero-order valence-corrected chi connectivity index (χ0v) is 15.0. The topological polar surface area (TPSA) is 52.0 Å². The van der Waals surface area contributed by atoms with Gasteiger partial charge in [-0.1, -0.05) is 24.3 Å². The van der Waals surface area contributed by atoms with Gasteiger partial charge in [0.15, 0.2) is 0 Å². The van der Waals surface area contributed by atoms with E-state index in [0.717, 1.165) is 45.1 Å². The zero-order valence-electron chi connectivity index (χ0n) is 13.2. The van der Waals surface area contributed by atoms with Crippen LogP contribution in [0, 0.1) is 0 Å². The molecule has 0 unspecified atom stereocenters. The minimum Gasteiger partial charge on any atom is -0.399 e. The van der Waals surface area contributed by atoms with Crippen LogP contribution in [0.2, 0.25) is 0 Å². The fourth-order valence-corrected chi connectivity index (χ4v) is 3.39. The summed E-state index contributed by atoms with van der Waals surface area (Å²) in [5.41, 5.74) is 17.9. The second-order valence-electron chi connectivity index (χ2n) is 5.95. The molecule has 0 spiro atoms. The van der Waals surface area contributed by atoms with E-state index in [2.05, 4.69) is 49.5 Å². The van der Waals surface area contributed by atoms with Crippen LogP contribution in [0.3, 0.4) is 0 Å². The lowest BCUT2D eigenvalue weighted by molar-refractivity contribution is 1.05. The first-order valence-electron chi connectivity index (χ1n) is 7.74. The van der Waals surface area contributed by atoms with Crippen molar-refractivity contribution in [3.63, 3.8) is 0 Å². The lowest BCUT2D eigenvalue weighted by atomic mass is 9.99. The number of hydrogen-bond acceptors (Lipinski definition) is 4. The summed E-state index contributed by atoms with van der Waals surface area (Å²) in [7, 11) is 0. The highest BCUT2D eigenvalue weighted by atomic mass is 32.1. The Morgan fingerprint density at radius 1 is 0.625 bits per heavy atom. The number of benzene rings is 3. The van der Waals surface area contributed by atoms with Gasteiger partial charge in [0.05, 0.1) is 0 Å². The Balaban J connectivity index is 1.85. The van der Waals surface area contributed by atoms with Crippen LogP contribution in [0.5, 0.6) is 0 Å². The van der Waals surface area contributed by atoms with Crippen molar-refractivity contribution in [2.24, 2.45) is 0 Å². The van der Waals surface area contributed by atoms with Gasteiger partial charge in [-0.3, -0.25) is 0 Å². The quantitative estimate of drug-likeness (QED) is 0.409. The Labute approximate surface area is 153 Å². The Kier molecular flexibility index (Phi) is 5.07. The number of nitrogens with two attached hydrogens (primary N) is 2. The van der Waals surface area contributed by atoms with Crippen molar-refractivity contribution in [3.05, 3.63) is 82.9 Å². The normalized spacial score (nSPS) is 10.8. The van der Waals surface area contributed by atoms with Gasteiger partial charge in [-0.25, -0.2) is 0 Å². The molecule has 0 aliphatic heterocycles. The molecule has 0 aliphatic rings. The lowest BCUT2D eigenvalue weighted by Gasteiger charge is -2.12. The predicted octanol–water partition coefficient (Wildman–Crippen LogP) is 4.61. The average molecular weight is 353 g/mol. The SMILES string of the molecule is Nc1cccc(Cc2cc(S)c(Cc3cccc(N)c3)cc2S)c1. The molecule has 4 N–H and O–H groups in total. The van der Waals surface area contributed by atoms with E-state index in [0.29, 0.717) is 0 Å². The second kappa shape index (κ2) is 7.24. The molecule has 2 nitrogen and oxygen atoms in total. The van der Waals surface area contributed by atoms with E-state index in [4.69, 9.17) is 11.5 Å². The van der Waals surface area contributed by atoms with Crippen LogP contribution in [-0.2, 0) is 12.8 Å². The van der Waals surface area contributed by atoms with Gasteiger partial charge in [0.2, 0.25) is 0 Å². The van der Waals surface area contributed by atoms with Gasteiger partial charge in [-0.05, 0) is 71.5 Å². The van der Waals surface area contributed by atoms with E-state index in [9.17, 15) is 0 Å². The van der Waals surface area contributed by atoms with E-state index < -0.39 is 0 Å². The molecule has 4 heteroatoms. The highest BCUT2D eigenvalue weighted by Crippen LogP contribution is 2.27. The smallest absolute Gasteiger partial charge is 0.0316 e. The fourth-order valence-electron chi connectivity index (χ4n) is 2.79. The molecule has 122 valence electrons. The molecule has 0 saturated carbocycles. The van der Waals surface area contributed by atoms with E-state index >= 15 is 0 Å². The van der Waals surface area contributed by atoms with Gasteiger partial charge in [-0.15, -0.1) is 25.3 Å². The minimum absolute atomic E-state index is 0.776. The van der Waals surface area contributed by atoms with Gasteiger partial charge >= 0.3 is 0 Å². The molecule has 0 fully saturated rings. The second-order valence-corrected chi connectivity index (χ2v) is 6.92. The van der Waals surface area contributed by atoms with Crippen molar-refractivity contribution in [1.82, 2.24) is 0 Å². The molecule has 0 radical (unpaired) electrons. The highest BCUT2D eigenvalue weighted by Gasteiger charge is 2.08. The van der Waals surface area contributed by atoms with Crippen LogP contribution in [0.1, 0.15) is 22.3 Å². The largest absolute Gasteiger partial charge is 0.399 e. The molecule has 0 saturated heterocycles. The standard InChI is InChI=1S/C20H20N2S2/c21-17-5-1-3-13(9-17)7-15-11-20(24)16(12-19(15)23)8-14-4-2-6-18(22)10-14/h1-6,9-12,23-24H,7-8,21-22H2. The molecule has 3 rings (SSSR count). The molecule has 24 heavy (non-hydrogen) atoms. The number of thiol groups is 2. The van der Waals surface area contributed by atoms with E-state index in [1.165, 1.54) is 11.1 Å². The van der Waals surface area contributed by atoms with Gasteiger partial charge in [0.25, 0.3) is 0 Å². The van der Waals surface area contributed by atoms with Crippen molar-refractivity contribution in [2.75, 3.05) is 11.5 Å². The summed E-state index contributed by atoms with van der Waals surface area (Å²) in [5, 5.41) is 0. The molecule has 0 aromatic heterocycles. The third kappa shape index (κ3) is 4.08. The number of anilines is 2. The molecular weight excluding hydrogens is 332 g/mol. The maximum Gasteiger partial charge on any atom is 0.0316 e. The monoisotopic (exact) mass is 352 g/mol. The van der Waals surface area contributed by atoms with Crippen molar-refractivity contribution < 1.29 is 0 Å². The molecule has 3 aromatic rings. The van der Waals surface area contributed by atoms with Crippen LogP contribution in [-0.4, -0.2) is 0 Å². The van der Waals surface area contributed by atoms with E-state index in [1.807, 2.05) is 36.4 Å². The van der Waals surface area contributed by atoms with Crippen LogP contribution >= 0.6 is 25.3 Å². The first-order chi connectivity index (χ1) is 11.5. The van der Waals surface area contributed by atoms with Gasteiger partial charge < -0.3 is 11.5 Å². The molecule has 0 amide bonds. The third-order valence-electron chi connectivity index (χ3n) is 3.97. The maximum absolute atomic E-state index is 5.86. The van der Waals surface area contributed by atoms with Crippen molar-refractivity contribution in [1.29, 1.82) is 0 Å². The first-order valence-corrected chi connectivity index (χ1v) is 8.63. The maximum atomic E-state index is 5.86. The summed E-state index contributed by atoms with van der Waals surface area (Å²) in [4.78, 5) is 1.93. The van der Waals surface area contributed by atoms with Crippen LogP contribution < -0.4 is 11.5 Å². The number of hydrogen-bond donors (Lipinski definition) is 4. The van der Waals surface area contributed by atoms with Crippen LogP contribution in [0.4, 0.5) is 11.4 Å². The van der Waals surface area contributed by atoms with E-state index in [-0.39, 0.29) is 0 Å². The molecule has 0 heterocycles. The fraction of sp³-hybridized carbons (Fsp3) is 0.100.